The summed E-state index contributed by atoms with van der Waals surface area (Å²) in [5.41, 5.74) is 3.46. The van der Waals surface area contributed by atoms with Gasteiger partial charge >= 0.3 is 0 Å². The van der Waals surface area contributed by atoms with Gasteiger partial charge in [-0.05, 0) is 62.6 Å². The molecule has 0 amide bonds. The number of hydrogen-bond acceptors (Lipinski definition) is 3. The molecule has 0 saturated carbocycles. The quantitative estimate of drug-likeness (QED) is 0.838. The van der Waals surface area contributed by atoms with Crippen LogP contribution in [0.3, 0.4) is 0 Å². The van der Waals surface area contributed by atoms with E-state index in [4.69, 9.17) is 4.74 Å². The second-order valence-electron chi connectivity index (χ2n) is 5.38. The monoisotopic (exact) mass is 268 g/mol. The van der Waals surface area contributed by atoms with Gasteiger partial charge in [0.05, 0.1) is 6.20 Å². The van der Waals surface area contributed by atoms with E-state index in [-0.39, 0.29) is 0 Å². The molecule has 1 aromatic heterocycles. The first-order chi connectivity index (χ1) is 9.72. The molecule has 1 saturated heterocycles. The van der Waals surface area contributed by atoms with Crippen LogP contribution in [-0.4, -0.2) is 18.1 Å². The lowest BCUT2D eigenvalue weighted by Gasteiger charge is -2.19. The molecule has 1 aromatic carbocycles. The molecule has 1 aliphatic heterocycles. The van der Waals surface area contributed by atoms with Gasteiger partial charge in [-0.25, -0.2) is 0 Å². The molecule has 2 aromatic rings. The Hall–Kier alpha value is -2.03. The Morgan fingerprint density at radius 3 is 2.50 bits per heavy atom. The molecule has 0 bridgehead atoms. The molecule has 2 heterocycles. The number of ether oxygens (including phenoxy) is 1. The van der Waals surface area contributed by atoms with Crippen molar-refractivity contribution in [3.8, 4) is 11.5 Å². The average Bonchev–Trinajstić information content (AvgIpc) is 2.97. The van der Waals surface area contributed by atoms with Crippen LogP contribution >= 0.6 is 0 Å². The molecule has 0 unspecified atom stereocenters. The van der Waals surface area contributed by atoms with Gasteiger partial charge in [-0.3, -0.25) is 4.98 Å². The average molecular weight is 268 g/mol. The van der Waals surface area contributed by atoms with E-state index in [1.54, 1.807) is 6.20 Å². The molecule has 0 spiro atoms. The molecule has 0 N–H and O–H groups in total. The molecule has 3 rings (SSSR count). The zero-order valence-electron chi connectivity index (χ0n) is 12.1. The van der Waals surface area contributed by atoms with Crippen molar-refractivity contribution < 1.29 is 4.74 Å². The van der Waals surface area contributed by atoms with Gasteiger partial charge in [-0.2, -0.15) is 0 Å². The number of hydrogen-bond donors (Lipinski definition) is 0. The second-order valence-corrected chi connectivity index (χ2v) is 5.38. The predicted octanol–water partition coefficient (Wildman–Crippen LogP) is 4.09. The van der Waals surface area contributed by atoms with E-state index in [2.05, 4.69) is 35.0 Å². The number of benzene rings is 1. The minimum atomic E-state index is 0.785. The van der Waals surface area contributed by atoms with Gasteiger partial charge in [0.25, 0.3) is 0 Å². The van der Waals surface area contributed by atoms with E-state index in [9.17, 15) is 0 Å². The summed E-state index contributed by atoms with van der Waals surface area (Å²) >= 11 is 0. The summed E-state index contributed by atoms with van der Waals surface area (Å²) in [5, 5.41) is 0. The van der Waals surface area contributed by atoms with Crippen LogP contribution in [0.2, 0.25) is 0 Å². The van der Waals surface area contributed by atoms with Gasteiger partial charge in [0.15, 0.2) is 0 Å². The fourth-order valence-electron chi connectivity index (χ4n) is 2.56. The van der Waals surface area contributed by atoms with Gasteiger partial charge in [-0.1, -0.05) is 0 Å². The summed E-state index contributed by atoms with van der Waals surface area (Å²) in [6.07, 6.45) is 4.36. The Bertz CT molecular complexity index is 586. The van der Waals surface area contributed by atoms with Gasteiger partial charge in [-0.15, -0.1) is 0 Å². The van der Waals surface area contributed by atoms with Crippen LogP contribution in [0.25, 0.3) is 0 Å². The number of rotatable bonds is 3. The van der Waals surface area contributed by atoms with Gasteiger partial charge in [0.1, 0.15) is 11.5 Å². The molecular weight excluding hydrogens is 248 g/mol. The fourth-order valence-corrected chi connectivity index (χ4v) is 2.56. The molecule has 3 heteroatoms. The fraction of sp³-hybridized carbons (Fsp3) is 0.353. The third-order valence-electron chi connectivity index (χ3n) is 3.74. The highest BCUT2D eigenvalue weighted by molar-refractivity contribution is 5.54. The highest BCUT2D eigenvalue weighted by atomic mass is 16.5. The molecule has 1 fully saturated rings. The minimum Gasteiger partial charge on any atom is -0.455 e. The van der Waals surface area contributed by atoms with Crippen LogP contribution in [0.5, 0.6) is 11.5 Å². The zero-order valence-corrected chi connectivity index (χ0v) is 12.1. The third-order valence-corrected chi connectivity index (χ3v) is 3.74. The van der Waals surface area contributed by atoms with Gasteiger partial charge in [0, 0.05) is 24.5 Å². The molecule has 0 aliphatic carbocycles. The molecule has 104 valence electrons. The van der Waals surface area contributed by atoms with Gasteiger partial charge < -0.3 is 9.64 Å². The molecule has 0 radical (unpaired) electrons. The van der Waals surface area contributed by atoms with Gasteiger partial charge in [0.2, 0.25) is 0 Å². The van der Waals surface area contributed by atoms with Crippen molar-refractivity contribution in [1.82, 2.24) is 4.98 Å². The normalized spacial score (nSPS) is 14.6. The van der Waals surface area contributed by atoms with Crippen LogP contribution in [0.1, 0.15) is 24.1 Å². The summed E-state index contributed by atoms with van der Waals surface area (Å²) in [7, 11) is 0. The van der Waals surface area contributed by atoms with Crippen molar-refractivity contribution in [1.29, 1.82) is 0 Å². The van der Waals surface area contributed by atoms with Crippen molar-refractivity contribution in [3.63, 3.8) is 0 Å². The number of aryl methyl sites for hydroxylation is 2. The Labute approximate surface area is 120 Å². The first-order valence-corrected chi connectivity index (χ1v) is 7.18. The summed E-state index contributed by atoms with van der Waals surface area (Å²) in [4.78, 5) is 6.69. The smallest absolute Gasteiger partial charge is 0.145 e. The number of pyridine rings is 1. The Balaban J connectivity index is 1.78. The van der Waals surface area contributed by atoms with Crippen LogP contribution < -0.4 is 9.64 Å². The van der Waals surface area contributed by atoms with E-state index in [0.717, 1.165) is 22.8 Å². The first kappa shape index (κ1) is 13.0. The maximum absolute atomic E-state index is 5.90. The van der Waals surface area contributed by atoms with E-state index in [0.29, 0.717) is 0 Å². The topological polar surface area (TPSA) is 25.4 Å². The van der Waals surface area contributed by atoms with Crippen LogP contribution in [0.4, 0.5) is 5.69 Å². The Kier molecular flexibility index (Phi) is 3.59. The SMILES string of the molecule is Cc1ccc(Oc2ccc(N3CCCC3)cc2C)cn1. The van der Waals surface area contributed by atoms with Crippen LogP contribution in [0, 0.1) is 13.8 Å². The van der Waals surface area contributed by atoms with Crippen LogP contribution in [-0.2, 0) is 0 Å². The summed E-state index contributed by atoms with van der Waals surface area (Å²) in [5.74, 6) is 1.69. The largest absolute Gasteiger partial charge is 0.455 e. The van der Waals surface area contributed by atoms with E-state index < -0.39 is 0 Å². The van der Waals surface area contributed by atoms with Crippen molar-refractivity contribution >= 4 is 5.69 Å². The van der Waals surface area contributed by atoms with E-state index in [1.807, 2.05) is 19.1 Å². The molecule has 20 heavy (non-hydrogen) atoms. The van der Waals surface area contributed by atoms with Crippen LogP contribution in [0.15, 0.2) is 36.5 Å². The van der Waals surface area contributed by atoms with Crippen molar-refractivity contribution in [2.45, 2.75) is 26.7 Å². The Morgan fingerprint density at radius 1 is 1.05 bits per heavy atom. The lowest BCUT2D eigenvalue weighted by Crippen LogP contribution is -2.17. The maximum Gasteiger partial charge on any atom is 0.145 e. The van der Waals surface area contributed by atoms with E-state index in [1.165, 1.54) is 31.6 Å². The summed E-state index contributed by atoms with van der Waals surface area (Å²) in [6.45, 7) is 6.40. The zero-order chi connectivity index (χ0) is 13.9. The summed E-state index contributed by atoms with van der Waals surface area (Å²) in [6, 6.07) is 10.3. The minimum absolute atomic E-state index is 0.785. The third kappa shape index (κ3) is 2.77. The van der Waals surface area contributed by atoms with Crippen molar-refractivity contribution in [3.05, 3.63) is 47.8 Å². The number of nitrogens with zero attached hydrogens (tertiary/aromatic N) is 2. The summed E-state index contributed by atoms with van der Waals surface area (Å²) < 4.78 is 5.90. The molecule has 3 nitrogen and oxygen atoms in total. The van der Waals surface area contributed by atoms with Crippen molar-refractivity contribution in [2.24, 2.45) is 0 Å². The standard InChI is InChI=1S/C17H20N2O/c1-13-11-15(19-9-3-4-10-19)6-8-17(13)20-16-7-5-14(2)18-12-16/h5-8,11-12H,3-4,9-10H2,1-2H3. The molecule has 0 atom stereocenters. The van der Waals surface area contributed by atoms with Crippen molar-refractivity contribution in [2.75, 3.05) is 18.0 Å². The highest BCUT2D eigenvalue weighted by Crippen LogP contribution is 2.29. The highest BCUT2D eigenvalue weighted by Gasteiger charge is 2.13. The Morgan fingerprint density at radius 2 is 1.85 bits per heavy atom. The predicted molar refractivity (Wildman–Crippen MR) is 81.7 cm³/mol. The lowest BCUT2D eigenvalue weighted by atomic mass is 10.2. The first-order valence-electron chi connectivity index (χ1n) is 7.18. The lowest BCUT2D eigenvalue weighted by molar-refractivity contribution is 0.476. The number of anilines is 1. The second kappa shape index (κ2) is 5.53. The molecule has 1 aliphatic rings. The maximum atomic E-state index is 5.90. The molecular formula is C17H20N2O. The van der Waals surface area contributed by atoms with E-state index >= 15 is 0 Å². The number of aromatic nitrogens is 1.